The van der Waals surface area contributed by atoms with Crippen LogP contribution in [0, 0.1) is 5.82 Å². The maximum absolute atomic E-state index is 13.2. The number of esters is 1. The monoisotopic (exact) mass is 366 g/mol. The number of allylic oxidation sites excluding steroid dienone is 1. The predicted octanol–water partition coefficient (Wildman–Crippen LogP) is 3.26. The Morgan fingerprint density at radius 2 is 2.35 bits per heavy atom. The molecule has 1 aliphatic rings. The number of carbonyl (C=O) groups excluding carboxylic acids is 1. The number of benzene rings is 1. The molecule has 23 heavy (non-hydrogen) atoms. The lowest BCUT2D eigenvalue weighted by Gasteiger charge is -2.24. The SMILES string of the molecule is [2H]C1([2H])CC=C(C(=O)OCC)[C@]([2H])(S(=O)(=O)Nc2ccc(F)cc2Cl)C1([2H])[2H]. The Balaban J connectivity index is 2.67. The molecule has 1 aromatic carbocycles. The van der Waals surface area contributed by atoms with Crippen LogP contribution < -0.4 is 4.72 Å². The minimum Gasteiger partial charge on any atom is -0.463 e. The average molecular weight is 367 g/mol. The van der Waals surface area contributed by atoms with Crippen LogP contribution in [0.15, 0.2) is 29.8 Å². The summed E-state index contributed by atoms with van der Waals surface area (Å²) in [4.78, 5) is 12.3. The second-order valence-corrected chi connectivity index (χ2v) is 6.43. The quantitative estimate of drug-likeness (QED) is 0.812. The number of halogens is 2. The Hall–Kier alpha value is -1.60. The number of anilines is 1. The van der Waals surface area contributed by atoms with E-state index < -0.39 is 51.8 Å². The summed E-state index contributed by atoms with van der Waals surface area (Å²) in [5, 5.41) is -3.78. The Kier molecular flexibility index (Phi) is 3.77. The van der Waals surface area contributed by atoms with Gasteiger partial charge < -0.3 is 4.74 Å². The molecule has 0 bridgehead atoms. The Morgan fingerprint density at radius 1 is 1.61 bits per heavy atom. The normalized spacial score (nSPS) is 29.0. The van der Waals surface area contributed by atoms with Gasteiger partial charge in [-0.1, -0.05) is 17.7 Å². The molecular weight excluding hydrogens is 345 g/mol. The van der Waals surface area contributed by atoms with Crippen molar-refractivity contribution in [2.24, 2.45) is 0 Å². The first kappa shape index (κ1) is 11.9. The van der Waals surface area contributed by atoms with Crippen molar-refractivity contribution in [1.82, 2.24) is 0 Å². The summed E-state index contributed by atoms with van der Waals surface area (Å²) in [6, 6.07) is 2.64. The van der Waals surface area contributed by atoms with E-state index in [0.29, 0.717) is 0 Å². The molecule has 8 heteroatoms. The van der Waals surface area contributed by atoms with Crippen molar-refractivity contribution < 1.29 is 29.2 Å². The second kappa shape index (κ2) is 7.31. The summed E-state index contributed by atoms with van der Waals surface area (Å²) in [6.07, 6.45) is -5.93. The van der Waals surface area contributed by atoms with E-state index in [2.05, 4.69) is 0 Å². The molecule has 2 rings (SSSR count). The number of rotatable bonds is 5. The van der Waals surface area contributed by atoms with E-state index in [-0.39, 0.29) is 17.3 Å². The van der Waals surface area contributed by atoms with Gasteiger partial charge in [0, 0.05) is 5.48 Å². The van der Waals surface area contributed by atoms with E-state index in [1.807, 2.05) is 4.72 Å². The van der Waals surface area contributed by atoms with Crippen LogP contribution in [-0.4, -0.2) is 26.2 Å². The molecule has 0 amide bonds. The highest BCUT2D eigenvalue weighted by Crippen LogP contribution is 2.30. The molecule has 0 unspecified atom stereocenters. The fourth-order valence-corrected chi connectivity index (χ4v) is 3.31. The molecule has 1 atom stereocenters. The van der Waals surface area contributed by atoms with Crippen molar-refractivity contribution in [3.05, 3.63) is 40.7 Å². The van der Waals surface area contributed by atoms with E-state index in [1.54, 1.807) is 0 Å². The molecule has 0 aliphatic heterocycles. The molecule has 126 valence electrons. The van der Waals surface area contributed by atoms with E-state index in [4.69, 9.17) is 23.2 Å². The molecule has 0 fully saturated rings. The summed E-state index contributed by atoms with van der Waals surface area (Å²) in [5.74, 6) is -2.02. The lowest BCUT2D eigenvalue weighted by Crippen LogP contribution is -2.34. The molecule has 1 aromatic rings. The third-order valence-corrected chi connectivity index (χ3v) is 4.46. The van der Waals surface area contributed by atoms with E-state index in [0.717, 1.165) is 24.3 Å². The number of ether oxygens (including phenoxy) is 1. The van der Waals surface area contributed by atoms with Crippen LogP contribution in [0.3, 0.4) is 0 Å². The van der Waals surface area contributed by atoms with Gasteiger partial charge in [0.15, 0.2) is 0 Å². The van der Waals surface area contributed by atoms with Crippen LogP contribution in [0.5, 0.6) is 0 Å². The van der Waals surface area contributed by atoms with Gasteiger partial charge in [0.1, 0.15) is 11.0 Å². The average Bonchev–Trinajstić information content (AvgIpc) is 2.56. The molecule has 0 heterocycles. The second-order valence-electron chi connectivity index (χ2n) is 4.40. The van der Waals surface area contributed by atoms with Crippen LogP contribution >= 0.6 is 11.6 Å². The van der Waals surface area contributed by atoms with Gasteiger partial charge in [-0.2, -0.15) is 0 Å². The summed E-state index contributed by atoms with van der Waals surface area (Å²) < 4.78 is 86.2. The van der Waals surface area contributed by atoms with Gasteiger partial charge in [-0.05, 0) is 44.3 Å². The van der Waals surface area contributed by atoms with Crippen molar-refractivity contribution in [2.45, 2.75) is 31.3 Å². The van der Waals surface area contributed by atoms with Crippen LogP contribution in [0.4, 0.5) is 10.1 Å². The van der Waals surface area contributed by atoms with Crippen LogP contribution in [0.1, 0.15) is 32.9 Å². The molecule has 5 nitrogen and oxygen atoms in total. The summed E-state index contributed by atoms with van der Waals surface area (Å²) in [7, 11) is -5.14. The predicted molar refractivity (Wildman–Crippen MR) is 86.3 cm³/mol. The lowest BCUT2D eigenvalue weighted by atomic mass is 9.99. The number of hydrogen-bond acceptors (Lipinski definition) is 4. The van der Waals surface area contributed by atoms with Crippen LogP contribution in [-0.2, 0) is 19.6 Å². The largest absolute Gasteiger partial charge is 0.463 e. The van der Waals surface area contributed by atoms with Gasteiger partial charge in [0.25, 0.3) is 0 Å². The van der Waals surface area contributed by atoms with Crippen molar-refractivity contribution in [1.29, 1.82) is 0 Å². The molecule has 0 radical (unpaired) electrons. The summed E-state index contributed by atoms with van der Waals surface area (Å²) in [5.41, 5.74) is -1.22. The number of sulfonamides is 1. The van der Waals surface area contributed by atoms with Gasteiger partial charge in [-0.3, -0.25) is 4.72 Å². The number of hydrogen-bond donors (Lipinski definition) is 1. The molecular formula is C15H17ClFNO4S. The summed E-state index contributed by atoms with van der Waals surface area (Å²) in [6.45, 7) is 1.27. The maximum atomic E-state index is 13.2. The highest BCUT2D eigenvalue weighted by molar-refractivity contribution is 7.93. The lowest BCUT2D eigenvalue weighted by molar-refractivity contribution is -0.138. The Morgan fingerprint density at radius 3 is 3.00 bits per heavy atom. The Bertz CT molecular complexity index is 940. The van der Waals surface area contributed by atoms with E-state index in [1.165, 1.54) is 6.92 Å². The van der Waals surface area contributed by atoms with Gasteiger partial charge in [0.2, 0.25) is 10.0 Å². The van der Waals surface area contributed by atoms with Crippen molar-refractivity contribution >= 4 is 33.3 Å². The minimum atomic E-state index is -5.14. The Labute approximate surface area is 146 Å². The molecule has 0 saturated heterocycles. The smallest absolute Gasteiger partial charge is 0.335 e. The zero-order valence-corrected chi connectivity index (χ0v) is 13.6. The standard InChI is InChI=1S/C15H17ClFNO4S/c1-2-22-15(19)11-5-3-4-6-14(11)23(20,21)18-13-8-7-10(17)9-12(13)16/h5,7-9,14,18H,2-4,6H2,1H3/t14-/m1/s1/i4D2,6D2,14D. The van der Waals surface area contributed by atoms with Crippen LogP contribution in [0.2, 0.25) is 5.02 Å². The molecule has 1 aliphatic carbocycles. The van der Waals surface area contributed by atoms with Gasteiger partial charge in [0.05, 0.1) is 24.3 Å². The van der Waals surface area contributed by atoms with Crippen molar-refractivity contribution in [3.8, 4) is 0 Å². The maximum Gasteiger partial charge on any atom is 0.335 e. The highest BCUT2D eigenvalue weighted by atomic mass is 35.5. The number of nitrogens with one attached hydrogen (secondary N) is 1. The first-order chi connectivity index (χ1) is 12.7. The van der Waals surface area contributed by atoms with Gasteiger partial charge in [-0.25, -0.2) is 17.6 Å². The van der Waals surface area contributed by atoms with Crippen molar-refractivity contribution in [3.63, 3.8) is 0 Å². The summed E-state index contributed by atoms with van der Waals surface area (Å²) >= 11 is 5.79. The van der Waals surface area contributed by atoms with E-state index >= 15 is 0 Å². The van der Waals surface area contributed by atoms with Crippen LogP contribution in [0.25, 0.3) is 0 Å². The zero-order valence-electron chi connectivity index (χ0n) is 17.0. The third kappa shape index (κ3) is 4.23. The molecule has 1 N–H and O–H groups in total. The molecule has 0 saturated carbocycles. The van der Waals surface area contributed by atoms with Crippen molar-refractivity contribution in [2.75, 3.05) is 11.3 Å². The van der Waals surface area contributed by atoms with Gasteiger partial charge >= 0.3 is 5.97 Å². The van der Waals surface area contributed by atoms with Gasteiger partial charge in [-0.15, -0.1) is 0 Å². The number of carbonyl (C=O) groups is 1. The first-order valence-corrected chi connectivity index (χ1v) is 8.42. The zero-order chi connectivity index (χ0) is 21.5. The fraction of sp³-hybridized carbons (Fsp3) is 0.400. The molecule has 0 spiro atoms. The minimum absolute atomic E-state index is 0.167. The molecule has 0 aromatic heterocycles. The third-order valence-electron chi connectivity index (χ3n) is 2.79. The highest BCUT2D eigenvalue weighted by Gasteiger charge is 2.35. The topological polar surface area (TPSA) is 72.5 Å². The first-order valence-electron chi connectivity index (χ1n) is 9.06. The van der Waals surface area contributed by atoms with E-state index in [9.17, 15) is 17.6 Å². The fourth-order valence-electron chi connectivity index (χ4n) is 1.81.